The van der Waals surface area contributed by atoms with E-state index < -0.39 is 0 Å². The molecule has 3 nitrogen and oxygen atoms in total. The quantitative estimate of drug-likeness (QED) is 0.769. The lowest BCUT2D eigenvalue weighted by Gasteiger charge is -2.34. The van der Waals surface area contributed by atoms with E-state index in [0.717, 1.165) is 6.54 Å². The Balaban J connectivity index is 2.04. The van der Waals surface area contributed by atoms with Gasteiger partial charge >= 0.3 is 0 Å². The molecule has 0 aromatic carbocycles. The predicted molar refractivity (Wildman–Crippen MR) is 73.4 cm³/mol. The second kappa shape index (κ2) is 5.61. The minimum Gasteiger partial charge on any atom is -0.337 e. The van der Waals surface area contributed by atoms with Crippen LogP contribution in [0.2, 0.25) is 0 Å². The first kappa shape index (κ1) is 13.2. The average molecular weight is 256 g/mol. The fraction of sp³-hybridized carbons (Fsp3) is 0.923. The third kappa shape index (κ3) is 2.63. The molecule has 0 unspecified atom stereocenters. The molecule has 17 heavy (non-hydrogen) atoms. The van der Waals surface area contributed by atoms with Crippen molar-refractivity contribution in [3.63, 3.8) is 0 Å². The van der Waals surface area contributed by atoms with Crippen molar-refractivity contribution in [2.24, 2.45) is 0 Å². The zero-order valence-electron chi connectivity index (χ0n) is 11.2. The van der Waals surface area contributed by atoms with Gasteiger partial charge in [-0.15, -0.1) is 0 Å². The lowest BCUT2D eigenvalue weighted by atomic mass is 10.0. The molecule has 0 spiro atoms. The lowest BCUT2D eigenvalue weighted by Crippen LogP contribution is -2.49. The van der Waals surface area contributed by atoms with E-state index in [1.165, 1.54) is 32.2 Å². The van der Waals surface area contributed by atoms with E-state index in [4.69, 9.17) is 0 Å². The first-order chi connectivity index (χ1) is 8.15. The number of carbonyl (C=O) groups is 1. The number of likely N-dealkylation sites (tertiary alicyclic amines) is 2. The van der Waals surface area contributed by atoms with Gasteiger partial charge in [0.25, 0.3) is 0 Å². The van der Waals surface area contributed by atoms with Crippen LogP contribution in [0.3, 0.4) is 0 Å². The van der Waals surface area contributed by atoms with Crippen molar-refractivity contribution in [1.82, 2.24) is 9.80 Å². The maximum Gasteiger partial charge on any atom is 0.235 e. The highest BCUT2D eigenvalue weighted by Gasteiger charge is 2.39. The molecule has 0 N–H and O–H groups in total. The van der Waals surface area contributed by atoms with Gasteiger partial charge in [-0.3, -0.25) is 4.79 Å². The molecule has 4 heteroatoms. The molecule has 0 aromatic rings. The molecule has 3 atom stereocenters. The molecule has 2 aliphatic heterocycles. The SMILES string of the molecule is CS[C@H](C)C(=O)N1CCC[C@@H]1[C@H]1CCCN1C. The molecule has 0 bridgehead atoms. The largest absolute Gasteiger partial charge is 0.337 e. The summed E-state index contributed by atoms with van der Waals surface area (Å²) in [7, 11) is 2.21. The number of carbonyl (C=O) groups excluding carboxylic acids is 1. The standard InChI is InChI=1S/C13H24N2OS/c1-10(17-3)13(16)15-9-5-7-12(15)11-6-4-8-14(11)2/h10-12H,4-9H2,1-3H3/t10-,11-,12-/m1/s1. The zero-order chi connectivity index (χ0) is 12.4. The monoisotopic (exact) mass is 256 g/mol. The summed E-state index contributed by atoms with van der Waals surface area (Å²) in [5.41, 5.74) is 0. The van der Waals surface area contributed by atoms with Crippen LogP contribution in [-0.4, -0.2) is 59.4 Å². The molecular formula is C13H24N2OS. The Morgan fingerprint density at radius 1 is 1.24 bits per heavy atom. The Labute approximate surface area is 109 Å². The normalized spacial score (nSPS) is 32.1. The number of amides is 1. The van der Waals surface area contributed by atoms with Crippen LogP contribution in [0.1, 0.15) is 32.6 Å². The van der Waals surface area contributed by atoms with Crippen LogP contribution in [-0.2, 0) is 4.79 Å². The summed E-state index contributed by atoms with van der Waals surface area (Å²) in [6, 6.07) is 1.08. The molecule has 2 rings (SSSR count). The minimum atomic E-state index is 0.113. The van der Waals surface area contributed by atoms with Gasteiger partial charge in [0.1, 0.15) is 0 Å². The fourth-order valence-electron chi connectivity index (χ4n) is 3.22. The molecule has 0 radical (unpaired) electrons. The van der Waals surface area contributed by atoms with Crippen molar-refractivity contribution >= 4 is 17.7 Å². The summed E-state index contributed by atoms with van der Waals surface area (Å²) in [6.45, 7) is 4.20. The molecule has 98 valence electrons. The van der Waals surface area contributed by atoms with Crippen molar-refractivity contribution in [2.45, 2.75) is 49.9 Å². The number of hydrogen-bond acceptors (Lipinski definition) is 3. The Bertz CT molecular complexity index is 285. The van der Waals surface area contributed by atoms with E-state index in [1.807, 2.05) is 13.2 Å². The second-order valence-electron chi connectivity index (χ2n) is 5.31. The van der Waals surface area contributed by atoms with E-state index in [1.54, 1.807) is 11.8 Å². The summed E-state index contributed by atoms with van der Waals surface area (Å²) in [5, 5.41) is 0.113. The lowest BCUT2D eigenvalue weighted by molar-refractivity contribution is -0.132. The summed E-state index contributed by atoms with van der Waals surface area (Å²) in [4.78, 5) is 16.9. The zero-order valence-corrected chi connectivity index (χ0v) is 12.0. The van der Waals surface area contributed by atoms with E-state index >= 15 is 0 Å². The van der Waals surface area contributed by atoms with Crippen LogP contribution in [0, 0.1) is 0 Å². The smallest absolute Gasteiger partial charge is 0.235 e. The van der Waals surface area contributed by atoms with Gasteiger partial charge in [-0.05, 0) is 52.5 Å². The minimum absolute atomic E-state index is 0.113. The number of thioether (sulfide) groups is 1. The highest BCUT2D eigenvalue weighted by molar-refractivity contribution is 7.99. The number of rotatable bonds is 3. The van der Waals surface area contributed by atoms with Gasteiger partial charge in [-0.25, -0.2) is 0 Å². The van der Waals surface area contributed by atoms with Crippen molar-refractivity contribution in [1.29, 1.82) is 0 Å². The Kier molecular flexibility index (Phi) is 4.36. The molecule has 0 aliphatic carbocycles. The number of hydrogen-bond donors (Lipinski definition) is 0. The van der Waals surface area contributed by atoms with Gasteiger partial charge in [-0.2, -0.15) is 11.8 Å². The summed E-state index contributed by atoms with van der Waals surface area (Å²) < 4.78 is 0. The van der Waals surface area contributed by atoms with E-state index in [-0.39, 0.29) is 5.25 Å². The highest BCUT2D eigenvalue weighted by Crippen LogP contribution is 2.30. The molecular weight excluding hydrogens is 232 g/mol. The van der Waals surface area contributed by atoms with E-state index in [2.05, 4.69) is 16.8 Å². The number of likely N-dealkylation sites (N-methyl/N-ethyl adjacent to an activating group) is 1. The fourth-order valence-corrected chi connectivity index (χ4v) is 3.56. The predicted octanol–water partition coefficient (Wildman–Crippen LogP) is 1.82. The third-order valence-corrected chi connectivity index (χ3v) is 5.21. The van der Waals surface area contributed by atoms with Crippen molar-refractivity contribution in [3.8, 4) is 0 Å². The van der Waals surface area contributed by atoms with Gasteiger partial charge < -0.3 is 9.80 Å². The highest BCUT2D eigenvalue weighted by atomic mass is 32.2. The molecule has 1 amide bonds. The van der Waals surface area contributed by atoms with Crippen molar-refractivity contribution < 1.29 is 4.79 Å². The molecule has 2 aliphatic rings. The Morgan fingerprint density at radius 3 is 2.47 bits per heavy atom. The van der Waals surface area contributed by atoms with Crippen LogP contribution in [0.5, 0.6) is 0 Å². The van der Waals surface area contributed by atoms with Gasteiger partial charge in [0.2, 0.25) is 5.91 Å². The van der Waals surface area contributed by atoms with Crippen LogP contribution in [0.25, 0.3) is 0 Å². The maximum atomic E-state index is 12.3. The molecule has 2 heterocycles. The molecule has 0 saturated carbocycles. The second-order valence-corrected chi connectivity index (χ2v) is 6.49. The topological polar surface area (TPSA) is 23.6 Å². The first-order valence-electron chi connectivity index (χ1n) is 6.68. The van der Waals surface area contributed by atoms with E-state index in [0.29, 0.717) is 18.0 Å². The molecule has 2 saturated heterocycles. The van der Waals surface area contributed by atoms with Crippen LogP contribution < -0.4 is 0 Å². The number of nitrogens with zero attached hydrogens (tertiary/aromatic N) is 2. The Hall–Kier alpha value is -0.220. The van der Waals surface area contributed by atoms with Crippen LogP contribution >= 0.6 is 11.8 Å². The summed E-state index contributed by atoms with van der Waals surface area (Å²) in [5.74, 6) is 0.347. The van der Waals surface area contributed by atoms with Gasteiger partial charge in [0.15, 0.2) is 0 Å². The van der Waals surface area contributed by atoms with Crippen LogP contribution in [0.4, 0.5) is 0 Å². The first-order valence-corrected chi connectivity index (χ1v) is 7.97. The molecule has 0 aromatic heterocycles. The van der Waals surface area contributed by atoms with E-state index in [9.17, 15) is 4.79 Å². The van der Waals surface area contributed by atoms with Crippen LogP contribution in [0.15, 0.2) is 0 Å². The molecule has 2 fully saturated rings. The van der Waals surface area contributed by atoms with Gasteiger partial charge in [-0.1, -0.05) is 0 Å². The van der Waals surface area contributed by atoms with Crippen molar-refractivity contribution in [2.75, 3.05) is 26.4 Å². The summed E-state index contributed by atoms with van der Waals surface area (Å²) in [6.07, 6.45) is 6.95. The van der Waals surface area contributed by atoms with Gasteiger partial charge in [0.05, 0.1) is 5.25 Å². The summed E-state index contributed by atoms with van der Waals surface area (Å²) >= 11 is 1.66. The average Bonchev–Trinajstić information content (AvgIpc) is 2.94. The Morgan fingerprint density at radius 2 is 1.88 bits per heavy atom. The maximum absolute atomic E-state index is 12.3. The van der Waals surface area contributed by atoms with Gasteiger partial charge in [0, 0.05) is 18.6 Å². The van der Waals surface area contributed by atoms with Crippen molar-refractivity contribution in [3.05, 3.63) is 0 Å². The third-order valence-electron chi connectivity index (χ3n) is 4.30.